The van der Waals surface area contributed by atoms with Gasteiger partial charge in [-0.15, -0.1) is 0 Å². The summed E-state index contributed by atoms with van der Waals surface area (Å²) in [4.78, 5) is 24.1. The lowest BCUT2D eigenvalue weighted by Crippen LogP contribution is -2.06. The molecule has 0 aliphatic carbocycles. The van der Waals surface area contributed by atoms with Crippen molar-refractivity contribution in [3.8, 4) is 0 Å². The Morgan fingerprint density at radius 3 is 1.21 bits per heavy atom. The highest BCUT2D eigenvalue weighted by Gasteiger charge is 2.08. The van der Waals surface area contributed by atoms with E-state index in [-0.39, 0.29) is 25.2 Å². The molecule has 0 saturated carbocycles. The lowest BCUT2D eigenvalue weighted by molar-refractivity contribution is 0.0460. The molecule has 0 fully saturated rings. The van der Waals surface area contributed by atoms with Crippen molar-refractivity contribution in [2.24, 2.45) is 0 Å². The summed E-state index contributed by atoms with van der Waals surface area (Å²) in [6.45, 7) is 4.32. The van der Waals surface area contributed by atoms with Crippen LogP contribution in [0.15, 0.2) is 72.8 Å². The number of aryl methyl sites for hydroxylation is 2. The van der Waals surface area contributed by atoms with Crippen LogP contribution in [0.2, 0.25) is 0 Å². The second kappa shape index (κ2) is 9.00. The number of hydrogen-bond acceptors (Lipinski definition) is 4. The van der Waals surface area contributed by atoms with Crippen molar-refractivity contribution >= 4 is 11.9 Å². The highest BCUT2D eigenvalue weighted by Crippen LogP contribution is 2.11. The van der Waals surface area contributed by atoms with Crippen LogP contribution in [0.5, 0.6) is 0 Å². The lowest BCUT2D eigenvalue weighted by Gasteiger charge is -2.08. The molecule has 0 radical (unpaired) electrons. The van der Waals surface area contributed by atoms with Gasteiger partial charge in [-0.1, -0.05) is 59.7 Å². The Balaban J connectivity index is 1.49. The summed E-state index contributed by atoms with van der Waals surface area (Å²) in [7, 11) is 0. The van der Waals surface area contributed by atoms with Crippen molar-refractivity contribution in [2.45, 2.75) is 27.1 Å². The fourth-order valence-corrected chi connectivity index (χ4v) is 2.58. The van der Waals surface area contributed by atoms with Crippen LogP contribution in [0.25, 0.3) is 0 Å². The first-order valence-electron chi connectivity index (χ1n) is 9.07. The number of hydrogen-bond donors (Lipinski definition) is 0. The van der Waals surface area contributed by atoms with Gasteiger partial charge < -0.3 is 9.47 Å². The van der Waals surface area contributed by atoms with E-state index in [1.54, 1.807) is 24.3 Å². The van der Waals surface area contributed by atoms with E-state index in [1.165, 1.54) is 0 Å². The molecule has 0 amide bonds. The third-order valence-corrected chi connectivity index (χ3v) is 4.34. The average Bonchev–Trinajstić information content (AvgIpc) is 2.72. The molecule has 0 aromatic heterocycles. The first-order valence-corrected chi connectivity index (χ1v) is 9.07. The van der Waals surface area contributed by atoms with Gasteiger partial charge in [0.15, 0.2) is 0 Å². The SMILES string of the molecule is Cc1ccc(C(=O)OCc2ccc(COC(=O)c3ccc(C)cc3)cc2)cc1. The van der Waals surface area contributed by atoms with E-state index in [4.69, 9.17) is 9.47 Å². The van der Waals surface area contributed by atoms with Gasteiger partial charge in [0.2, 0.25) is 0 Å². The molecule has 0 bridgehead atoms. The Hall–Kier alpha value is -3.40. The van der Waals surface area contributed by atoms with Gasteiger partial charge in [-0.05, 0) is 49.2 Å². The molecule has 3 aromatic rings. The van der Waals surface area contributed by atoms with Gasteiger partial charge in [0.25, 0.3) is 0 Å². The Morgan fingerprint density at radius 2 is 0.893 bits per heavy atom. The maximum Gasteiger partial charge on any atom is 0.338 e. The third-order valence-electron chi connectivity index (χ3n) is 4.34. The van der Waals surface area contributed by atoms with Gasteiger partial charge in [0, 0.05) is 0 Å². The fraction of sp³-hybridized carbons (Fsp3) is 0.167. The summed E-state index contributed by atoms with van der Waals surface area (Å²) >= 11 is 0. The van der Waals surface area contributed by atoms with E-state index in [9.17, 15) is 9.59 Å². The maximum absolute atomic E-state index is 12.0. The smallest absolute Gasteiger partial charge is 0.338 e. The number of rotatable bonds is 6. The van der Waals surface area contributed by atoms with Crippen LogP contribution in [-0.4, -0.2) is 11.9 Å². The summed E-state index contributed by atoms with van der Waals surface area (Å²) in [5, 5.41) is 0. The maximum atomic E-state index is 12.0. The van der Waals surface area contributed by atoms with Crippen molar-refractivity contribution in [1.29, 1.82) is 0 Å². The van der Waals surface area contributed by atoms with Crippen LogP contribution in [-0.2, 0) is 22.7 Å². The van der Waals surface area contributed by atoms with E-state index in [0.29, 0.717) is 11.1 Å². The van der Waals surface area contributed by atoms with Crippen molar-refractivity contribution in [3.05, 3.63) is 106 Å². The normalized spacial score (nSPS) is 10.4. The molecule has 4 heteroatoms. The second-order valence-corrected chi connectivity index (χ2v) is 6.70. The molecular formula is C24H22O4. The Labute approximate surface area is 164 Å². The molecule has 0 saturated heterocycles. The molecule has 0 atom stereocenters. The van der Waals surface area contributed by atoms with Crippen LogP contribution < -0.4 is 0 Å². The summed E-state index contributed by atoms with van der Waals surface area (Å²) < 4.78 is 10.7. The number of ether oxygens (including phenoxy) is 2. The minimum absolute atomic E-state index is 0.191. The third kappa shape index (κ3) is 5.30. The number of esters is 2. The first-order chi connectivity index (χ1) is 13.5. The van der Waals surface area contributed by atoms with Crippen LogP contribution in [0.3, 0.4) is 0 Å². The molecule has 28 heavy (non-hydrogen) atoms. The average molecular weight is 374 g/mol. The lowest BCUT2D eigenvalue weighted by atomic mass is 10.1. The number of carbonyl (C=O) groups excluding carboxylic acids is 2. The summed E-state index contributed by atoms with van der Waals surface area (Å²) in [6, 6.07) is 22.0. The summed E-state index contributed by atoms with van der Waals surface area (Å²) in [5.41, 5.74) is 4.99. The summed E-state index contributed by atoms with van der Waals surface area (Å²) in [5.74, 6) is -0.702. The zero-order valence-corrected chi connectivity index (χ0v) is 16.0. The monoisotopic (exact) mass is 374 g/mol. The topological polar surface area (TPSA) is 52.6 Å². The standard InChI is InChI=1S/C24H22O4/c1-17-3-11-21(12-4-17)23(25)27-15-19-7-9-20(10-8-19)16-28-24(26)22-13-5-18(2)6-14-22/h3-14H,15-16H2,1-2H3. The van der Waals surface area contributed by atoms with Crippen LogP contribution in [0.1, 0.15) is 43.0 Å². The highest BCUT2D eigenvalue weighted by atomic mass is 16.5. The van der Waals surface area contributed by atoms with Crippen molar-refractivity contribution in [1.82, 2.24) is 0 Å². The van der Waals surface area contributed by atoms with Gasteiger partial charge in [-0.2, -0.15) is 0 Å². The molecule has 0 unspecified atom stereocenters. The van der Waals surface area contributed by atoms with Crippen molar-refractivity contribution < 1.29 is 19.1 Å². The van der Waals surface area contributed by atoms with Crippen LogP contribution in [0.4, 0.5) is 0 Å². The molecule has 0 spiro atoms. The Bertz CT molecular complexity index is 859. The van der Waals surface area contributed by atoms with E-state index in [2.05, 4.69) is 0 Å². The molecule has 0 heterocycles. The second-order valence-electron chi connectivity index (χ2n) is 6.70. The molecule has 3 rings (SSSR count). The zero-order valence-electron chi connectivity index (χ0n) is 16.0. The molecule has 142 valence electrons. The zero-order chi connectivity index (χ0) is 19.9. The molecule has 3 aromatic carbocycles. The predicted molar refractivity (Wildman–Crippen MR) is 107 cm³/mol. The highest BCUT2D eigenvalue weighted by molar-refractivity contribution is 5.89. The van der Waals surface area contributed by atoms with E-state index < -0.39 is 0 Å². The predicted octanol–water partition coefficient (Wildman–Crippen LogP) is 5.02. The minimum Gasteiger partial charge on any atom is -0.457 e. The number of benzene rings is 3. The van der Waals surface area contributed by atoms with Gasteiger partial charge in [-0.3, -0.25) is 0 Å². The van der Waals surface area contributed by atoms with Crippen molar-refractivity contribution in [3.63, 3.8) is 0 Å². The minimum atomic E-state index is -0.351. The molecular weight excluding hydrogens is 352 g/mol. The van der Waals surface area contributed by atoms with E-state index >= 15 is 0 Å². The van der Waals surface area contributed by atoms with E-state index in [1.807, 2.05) is 62.4 Å². The molecule has 0 aliphatic heterocycles. The molecule has 0 N–H and O–H groups in total. The quantitative estimate of drug-likeness (QED) is 0.569. The summed E-state index contributed by atoms with van der Waals surface area (Å²) in [6.07, 6.45) is 0. The van der Waals surface area contributed by atoms with Crippen LogP contribution in [0, 0.1) is 13.8 Å². The molecule has 0 aliphatic rings. The van der Waals surface area contributed by atoms with Gasteiger partial charge in [0.05, 0.1) is 11.1 Å². The van der Waals surface area contributed by atoms with Crippen LogP contribution >= 0.6 is 0 Å². The van der Waals surface area contributed by atoms with Gasteiger partial charge in [-0.25, -0.2) is 9.59 Å². The largest absolute Gasteiger partial charge is 0.457 e. The van der Waals surface area contributed by atoms with E-state index in [0.717, 1.165) is 22.3 Å². The fourth-order valence-electron chi connectivity index (χ4n) is 2.58. The van der Waals surface area contributed by atoms with Gasteiger partial charge in [0.1, 0.15) is 13.2 Å². The Morgan fingerprint density at radius 1 is 0.571 bits per heavy atom. The number of carbonyl (C=O) groups is 2. The van der Waals surface area contributed by atoms with Gasteiger partial charge >= 0.3 is 11.9 Å². The van der Waals surface area contributed by atoms with Crippen molar-refractivity contribution in [2.75, 3.05) is 0 Å². The Kier molecular flexibility index (Phi) is 6.22. The first kappa shape index (κ1) is 19.4. The molecule has 4 nitrogen and oxygen atoms in total.